The van der Waals surface area contributed by atoms with E-state index in [-0.39, 0.29) is 0 Å². The highest BCUT2D eigenvalue weighted by Crippen LogP contribution is 2.45. The van der Waals surface area contributed by atoms with Crippen molar-refractivity contribution >= 4 is 0 Å². The lowest BCUT2D eigenvalue weighted by molar-refractivity contribution is -0.358. The predicted molar refractivity (Wildman–Crippen MR) is 61.1 cm³/mol. The van der Waals surface area contributed by atoms with Gasteiger partial charge in [-0.05, 0) is 25.7 Å². The molecule has 0 aromatic heterocycles. The summed E-state index contributed by atoms with van der Waals surface area (Å²) in [4.78, 5) is 0. The molecular weight excluding hydrogens is 388 g/mol. The average Bonchev–Trinajstić information content (AvgIpc) is 2.43. The zero-order valence-electron chi connectivity index (χ0n) is 12.3. The van der Waals surface area contributed by atoms with Crippen molar-refractivity contribution in [3.8, 4) is 0 Å². The molecule has 0 bridgehead atoms. The maximum atomic E-state index is 13.3. The van der Waals surface area contributed by atoms with Crippen molar-refractivity contribution < 1.29 is 57.4 Å². The van der Waals surface area contributed by atoms with Crippen molar-refractivity contribution in [3.63, 3.8) is 0 Å². The van der Waals surface area contributed by atoms with Crippen LogP contribution < -0.4 is 0 Å². The van der Waals surface area contributed by atoms with E-state index in [1.54, 1.807) is 0 Å². The van der Waals surface area contributed by atoms with Crippen LogP contribution in [0.4, 0.5) is 52.7 Å². The largest absolute Gasteiger partial charge is 0.456 e. The summed E-state index contributed by atoms with van der Waals surface area (Å²) in [5, 5.41) is 0. The van der Waals surface area contributed by atoms with E-state index in [4.69, 9.17) is 0 Å². The molecule has 0 saturated carbocycles. The summed E-state index contributed by atoms with van der Waals surface area (Å²) in [6.07, 6.45) is -24.6. The summed E-state index contributed by atoms with van der Waals surface area (Å²) in [5.74, 6) is -11.6. The van der Waals surface area contributed by atoms with Crippen molar-refractivity contribution in [3.05, 3.63) is 0 Å². The van der Waals surface area contributed by atoms with Gasteiger partial charge in [0.25, 0.3) is 0 Å². The van der Waals surface area contributed by atoms with Gasteiger partial charge in [0.2, 0.25) is 0 Å². The number of hydrogen-bond donors (Lipinski definition) is 0. The van der Waals surface area contributed by atoms with Gasteiger partial charge in [0, 0.05) is 0 Å². The molecule has 0 fully saturated rings. The molecule has 13 heteroatoms. The first-order chi connectivity index (χ1) is 11.1. The van der Waals surface area contributed by atoms with Crippen molar-refractivity contribution in [1.82, 2.24) is 0 Å². The Morgan fingerprint density at radius 2 is 0.840 bits per heavy atom. The van der Waals surface area contributed by atoms with Crippen LogP contribution in [-0.4, -0.2) is 49.8 Å². The lowest BCUT2D eigenvalue weighted by Crippen LogP contribution is -2.55. The van der Waals surface area contributed by atoms with Gasteiger partial charge in [0.05, 0.1) is 13.3 Å². The SMILES string of the molecule is FCCCC(OC(CCCF)C(F)(F)C(F)(F)F)C(F)(F)C(F)(F)F. The van der Waals surface area contributed by atoms with Gasteiger partial charge in [-0.1, -0.05) is 0 Å². The summed E-state index contributed by atoms with van der Waals surface area (Å²) < 4.78 is 155. The molecule has 0 N–H and O–H groups in total. The van der Waals surface area contributed by atoms with Crippen LogP contribution in [0.2, 0.25) is 0 Å². The van der Waals surface area contributed by atoms with E-state index in [9.17, 15) is 52.7 Å². The third-order valence-corrected chi connectivity index (χ3v) is 3.09. The second-order valence-electron chi connectivity index (χ2n) is 5.02. The Morgan fingerprint density at radius 1 is 0.560 bits per heavy atom. The summed E-state index contributed by atoms with van der Waals surface area (Å²) in [7, 11) is 0. The van der Waals surface area contributed by atoms with Crippen molar-refractivity contribution in [1.29, 1.82) is 0 Å². The second-order valence-corrected chi connectivity index (χ2v) is 5.02. The van der Waals surface area contributed by atoms with Gasteiger partial charge in [-0.15, -0.1) is 0 Å². The smallest absolute Gasteiger partial charge is 0.362 e. The Labute approximate surface area is 134 Å². The fourth-order valence-corrected chi connectivity index (χ4v) is 1.76. The molecule has 0 aliphatic carbocycles. The predicted octanol–water partition coefficient (Wildman–Crippen LogP) is 5.63. The van der Waals surface area contributed by atoms with E-state index in [0.29, 0.717) is 0 Å². The minimum Gasteiger partial charge on any atom is -0.362 e. The molecule has 0 rings (SSSR count). The van der Waals surface area contributed by atoms with Crippen LogP contribution in [0.25, 0.3) is 0 Å². The Bertz CT molecular complexity index is 353. The first-order valence-corrected chi connectivity index (χ1v) is 6.79. The Kier molecular flexibility index (Phi) is 8.37. The first kappa shape index (κ1) is 24.1. The van der Waals surface area contributed by atoms with E-state index in [0.717, 1.165) is 0 Å². The van der Waals surface area contributed by atoms with E-state index >= 15 is 0 Å². The number of rotatable bonds is 10. The summed E-state index contributed by atoms with van der Waals surface area (Å²) >= 11 is 0. The zero-order valence-corrected chi connectivity index (χ0v) is 12.3. The molecule has 0 aliphatic heterocycles. The van der Waals surface area contributed by atoms with Crippen LogP contribution in [0.15, 0.2) is 0 Å². The molecule has 2 atom stereocenters. The lowest BCUT2D eigenvalue weighted by atomic mass is 10.0. The summed E-state index contributed by atoms with van der Waals surface area (Å²) in [6.45, 7) is -2.86. The minimum absolute atomic E-state index is 0.996. The maximum Gasteiger partial charge on any atom is 0.456 e. The van der Waals surface area contributed by atoms with E-state index in [1.165, 1.54) is 0 Å². The first-order valence-electron chi connectivity index (χ1n) is 6.79. The van der Waals surface area contributed by atoms with Crippen molar-refractivity contribution in [2.75, 3.05) is 13.3 Å². The minimum atomic E-state index is -6.33. The lowest BCUT2D eigenvalue weighted by Gasteiger charge is -2.35. The Balaban J connectivity index is 5.67. The highest BCUT2D eigenvalue weighted by molar-refractivity contribution is 4.91. The molecule has 152 valence electrons. The van der Waals surface area contributed by atoms with Crippen LogP contribution in [0, 0.1) is 0 Å². The molecule has 0 aliphatic rings. The van der Waals surface area contributed by atoms with Gasteiger partial charge in [-0.3, -0.25) is 8.78 Å². The van der Waals surface area contributed by atoms with Gasteiger partial charge in [0.15, 0.2) is 0 Å². The highest BCUT2D eigenvalue weighted by atomic mass is 19.4. The summed E-state index contributed by atoms with van der Waals surface area (Å²) in [5.41, 5.74) is 0. The standard InChI is InChI=1S/C12H14F12O/c13-5-1-3-7(9(15,16)11(19,20)21)25-8(4-2-6-14)10(17,18)12(22,23)24/h7-8H,1-6H2. The molecule has 2 unspecified atom stereocenters. The number of ether oxygens (including phenoxy) is 1. The van der Waals surface area contributed by atoms with Gasteiger partial charge in [0.1, 0.15) is 12.2 Å². The third kappa shape index (κ3) is 6.10. The molecule has 0 saturated heterocycles. The molecule has 0 radical (unpaired) electrons. The van der Waals surface area contributed by atoms with Crippen LogP contribution in [-0.2, 0) is 4.74 Å². The normalized spacial score (nSPS) is 16.8. The molecule has 0 heterocycles. The fraction of sp³-hybridized carbons (Fsp3) is 1.00. The van der Waals surface area contributed by atoms with Crippen LogP contribution >= 0.6 is 0 Å². The van der Waals surface area contributed by atoms with Crippen molar-refractivity contribution in [2.24, 2.45) is 0 Å². The maximum absolute atomic E-state index is 13.3. The fourth-order valence-electron chi connectivity index (χ4n) is 1.76. The van der Waals surface area contributed by atoms with Crippen LogP contribution in [0.5, 0.6) is 0 Å². The average molecular weight is 402 g/mol. The topological polar surface area (TPSA) is 9.23 Å². The van der Waals surface area contributed by atoms with E-state index in [2.05, 4.69) is 4.74 Å². The zero-order chi connectivity index (χ0) is 20.1. The molecule has 0 spiro atoms. The van der Waals surface area contributed by atoms with E-state index in [1.807, 2.05) is 0 Å². The van der Waals surface area contributed by atoms with Gasteiger partial charge < -0.3 is 4.74 Å². The molecule has 25 heavy (non-hydrogen) atoms. The molecule has 0 aromatic carbocycles. The second kappa shape index (κ2) is 8.67. The molecular formula is C12H14F12O. The summed E-state index contributed by atoms with van der Waals surface area (Å²) in [6, 6.07) is 0. The molecule has 0 aromatic rings. The van der Waals surface area contributed by atoms with Crippen LogP contribution in [0.1, 0.15) is 25.7 Å². The van der Waals surface area contributed by atoms with E-state index < -0.39 is 75.4 Å². The van der Waals surface area contributed by atoms with Crippen LogP contribution in [0.3, 0.4) is 0 Å². The Morgan fingerprint density at radius 3 is 1.04 bits per heavy atom. The number of hydrogen-bond acceptors (Lipinski definition) is 1. The van der Waals surface area contributed by atoms with Gasteiger partial charge in [-0.2, -0.15) is 43.9 Å². The van der Waals surface area contributed by atoms with Crippen molar-refractivity contribution in [2.45, 2.75) is 62.1 Å². The Hall–Kier alpha value is -0.880. The number of alkyl halides is 12. The molecule has 1 nitrogen and oxygen atoms in total. The quantitative estimate of drug-likeness (QED) is 0.430. The molecule has 0 amide bonds. The van der Waals surface area contributed by atoms with Gasteiger partial charge >= 0.3 is 24.2 Å². The highest BCUT2D eigenvalue weighted by Gasteiger charge is 2.67. The number of halogens is 12. The van der Waals surface area contributed by atoms with Gasteiger partial charge in [-0.25, -0.2) is 0 Å². The third-order valence-electron chi connectivity index (χ3n) is 3.09. The monoisotopic (exact) mass is 402 g/mol.